The fourth-order valence-electron chi connectivity index (χ4n) is 1.41. The molecule has 2 aromatic rings. The highest BCUT2D eigenvalue weighted by Gasteiger charge is 2.08. The molecule has 90 valence electrons. The van der Waals surface area contributed by atoms with Gasteiger partial charge in [-0.1, -0.05) is 11.8 Å². The van der Waals surface area contributed by atoms with Gasteiger partial charge in [-0.25, -0.2) is 4.98 Å². The molecule has 0 aliphatic heterocycles. The maximum atomic E-state index is 10.5. The van der Waals surface area contributed by atoms with Gasteiger partial charge in [0.25, 0.3) is 0 Å². The number of hydrogen-bond acceptors (Lipinski definition) is 4. The van der Waals surface area contributed by atoms with Crippen LogP contribution in [0.25, 0.3) is 0 Å². The number of thioether (sulfide) groups is 1. The van der Waals surface area contributed by atoms with Crippen LogP contribution in [0.15, 0.2) is 28.3 Å². The summed E-state index contributed by atoms with van der Waals surface area (Å²) < 4.78 is 1.97. The van der Waals surface area contributed by atoms with Crippen molar-refractivity contribution in [1.82, 2.24) is 9.55 Å². The molecule has 2 aromatic heterocycles. The van der Waals surface area contributed by atoms with Crippen molar-refractivity contribution < 1.29 is 9.90 Å². The van der Waals surface area contributed by atoms with Crippen LogP contribution in [0, 0.1) is 6.92 Å². The normalized spacial score (nSPS) is 10.6. The number of thiophene rings is 1. The zero-order valence-electron chi connectivity index (χ0n) is 9.29. The Labute approximate surface area is 107 Å². The van der Waals surface area contributed by atoms with Crippen LogP contribution in [0.1, 0.15) is 11.1 Å². The first-order chi connectivity index (χ1) is 8.16. The van der Waals surface area contributed by atoms with Crippen molar-refractivity contribution in [2.24, 2.45) is 0 Å². The molecule has 0 saturated carbocycles. The van der Waals surface area contributed by atoms with Gasteiger partial charge in [-0.15, -0.1) is 0 Å². The number of nitrogens with zero attached hydrogens (tertiary/aromatic N) is 2. The summed E-state index contributed by atoms with van der Waals surface area (Å²) in [6, 6.07) is 0. The zero-order chi connectivity index (χ0) is 12.3. The summed E-state index contributed by atoms with van der Waals surface area (Å²) in [7, 11) is 0. The number of hydrogen-bond donors (Lipinski definition) is 1. The summed E-state index contributed by atoms with van der Waals surface area (Å²) in [5.41, 5.74) is 2.52. The van der Waals surface area contributed by atoms with E-state index in [0.717, 1.165) is 11.7 Å². The van der Waals surface area contributed by atoms with E-state index in [9.17, 15) is 4.79 Å². The number of aliphatic carboxylic acids is 1. The topological polar surface area (TPSA) is 55.1 Å². The van der Waals surface area contributed by atoms with E-state index in [2.05, 4.69) is 22.7 Å². The van der Waals surface area contributed by atoms with E-state index in [4.69, 9.17) is 5.11 Å². The summed E-state index contributed by atoms with van der Waals surface area (Å²) in [4.78, 5) is 14.7. The van der Waals surface area contributed by atoms with Gasteiger partial charge in [0.15, 0.2) is 5.16 Å². The Morgan fingerprint density at radius 2 is 2.41 bits per heavy atom. The second-order valence-electron chi connectivity index (χ2n) is 3.60. The number of carbonyl (C=O) groups is 1. The highest BCUT2D eigenvalue weighted by atomic mass is 32.2. The van der Waals surface area contributed by atoms with Crippen LogP contribution < -0.4 is 0 Å². The minimum absolute atomic E-state index is 0.0413. The van der Waals surface area contributed by atoms with Crippen molar-refractivity contribution >= 4 is 29.1 Å². The summed E-state index contributed by atoms with van der Waals surface area (Å²) in [6.45, 7) is 2.82. The molecule has 0 radical (unpaired) electrons. The lowest BCUT2D eigenvalue weighted by atomic mass is 10.2. The molecule has 17 heavy (non-hydrogen) atoms. The molecule has 4 nitrogen and oxygen atoms in total. The van der Waals surface area contributed by atoms with Crippen LogP contribution in [0.5, 0.6) is 0 Å². The number of carboxylic acid groups (broad SMARTS) is 1. The molecule has 0 amide bonds. The molecule has 0 spiro atoms. The number of imidazole rings is 1. The van der Waals surface area contributed by atoms with E-state index in [-0.39, 0.29) is 5.75 Å². The first kappa shape index (κ1) is 12.2. The Morgan fingerprint density at radius 1 is 1.59 bits per heavy atom. The third-order valence-electron chi connectivity index (χ3n) is 2.30. The quantitative estimate of drug-likeness (QED) is 0.846. The summed E-state index contributed by atoms with van der Waals surface area (Å²) >= 11 is 2.92. The average molecular weight is 268 g/mol. The maximum absolute atomic E-state index is 10.5. The van der Waals surface area contributed by atoms with Gasteiger partial charge in [0.2, 0.25) is 0 Å². The van der Waals surface area contributed by atoms with E-state index < -0.39 is 5.97 Å². The first-order valence-corrected chi connectivity index (χ1v) is 6.97. The van der Waals surface area contributed by atoms with Gasteiger partial charge in [0, 0.05) is 12.4 Å². The van der Waals surface area contributed by atoms with Crippen molar-refractivity contribution in [2.45, 2.75) is 18.6 Å². The third kappa shape index (κ3) is 3.10. The Bertz CT molecular complexity index is 519. The number of carboxylic acids is 1. The summed E-state index contributed by atoms with van der Waals surface area (Å²) in [5.74, 6) is -0.782. The van der Waals surface area contributed by atoms with E-state index in [1.165, 1.54) is 22.9 Å². The van der Waals surface area contributed by atoms with Gasteiger partial charge in [-0.3, -0.25) is 4.79 Å². The van der Waals surface area contributed by atoms with E-state index in [1.54, 1.807) is 17.5 Å². The van der Waals surface area contributed by atoms with E-state index in [0.29, 0.717) is 0 Å². The van der Waals surface area contributed by atoms with Crippen molar-refractivity contribution in [2.75, 3.05) is 5.75 Å². The molecule has 0 atom stereocenters. The minimum Gasteiger partial charge on any atom is -0.481 e. The van der Waals surface area contributed by atoms with Crippen LogP contribution in [0.3, 0.4) is 0 Å². The largest absolute Gasteiger partial charge is 0.481 e. The Balaban J connectivity index is 2.09. The van der Waals surface area contributed by atoms with Gasteiger partial charge in [0.05, 0.1) is 12.3 Å². The number of aromatic nitrogens is 2. The second kappa shape index (κ2) is 5.37. The van der Waals surface area contributed by atoms with Gasteiger partial charge in [-0.05, 0) is 28.8 Å². The standard InChI is InChI=1S/C11H12N2O2S2/c1-8-5-16-6-9(8)4-13-3-2-12-11(13)17-7-10(14)15/h2-3,5-6H,4,7H2,1H3,(H,14,15). The number of rotatable bonds is 5. The molecule has 0 fully saturated rings. The van der Waals surface area contributed by atoms with Gasteiger partial charge in [0.1, 0.15) is 0 Å². The second-order valence-corrected chi connectivity index (χ2v) is 5.29. The van der Waals surface area contributed by atoms with E-state index >= 15 is 0 Å². The van der Waals surface area contributed by atoms with E-state index in [1.807, 2.05) is 10.8 Å². The van der Waals surface area contributed by atoms with Crippen LogP contribution in [-0.2, 0) is 11.3 Å². The Morgan fingerprint density at radius 3 is 3.06 bits per heavy atom. The van der Waals surface area contributed by atoms with Crippen LogP contribution in [0.4, 0.5) is 0 Å². The smallest absolute Gasteiger partial charge is 0.313 e. The SMILES string of the molecule is Cc1cscc1Cn1ccnc1SCC(=O)O. The average Bonchev–Trinajstić information content (AvgIpc) is 2.87. The fourth-order valence-corrected chi connectivity index (χ4v) is 2.94. The van der Waals surface area contributed by atoms with Gasteiger partial charge < -0.3 is 9.67 Å². The van der Waals surface area contributed by atoms with Gasteiger partial charge >= 0.3 is 5.97 Å². The van der Waals surface area contributed by atoms with Crippen LogP contribution >= 0.6 is 23.1 Å². The van der Waals surface area contributed by atoms with Crippen molar-refractivity contribution in [1.29, 1.82) is 0 Å². The minimum atomic E-state index is -0.823. The van der Waals surface area contributed by atoms with Crippen molar-refractivity contribution in [3.63, 3.8) is 0 Å². The molecular weight excluding hydrogens is 256 g/mol. The lowest BCUT2D eigenvalue weighted by Crippen LogP contribution is -2.03. The Hall–Kier alpha value is -1.27. The molecule has 0 bridgehead atoms. The molecule has 0 aromatic carbocycles. The Kier molecular flexibility index (Phi) is 3.86. The van der Waals surface area contributed by atoms with Crippen LogP contribution in [0.2, 0.25) is 0 Å². The molecule has 0 unspecified atom stereocenters. The molecular formula is C11H12N2O2S2. The third-order valence-corrected chi connectivity index (χ3v) is 4.20. The predicted octanol–water partition coefficient (Wildman–Crippen LogP) is 2.48. The van der Waals surface area contributed by atoms with Gasteiger partial charge in [-0.2, -0.15) is 11.3 Å². The van der Waals surface area contributed by atoms with Crippen molar-refractivity contribution in [3.8, 4) is 0 Å². The molecule has 1 N–H and O–H groups in total. The fraction of sp³-hybridized carbons (Fsp3) is 0.273. The number of aryl methyl sites for hydroxylation is 1. The predicted molar refractivity (Wildman–Crippen MR) is 68.7 cm³/mol. The highest BCUT2D eigenvalue weighted by Crippen LogP contribution is 2.20. The zero-order valence-corrected chi connectivity index (χ0v) is 10.9. The first-order valence-electron chi connectivity index (χ1n) is 5.04. The molecule has 2 heterocycles. The summed E-state index contributed by atoms with van der Waals surface area (Å²) in [5, 5.41) is 13.6. The lowest BCUT2D eigenvalue weighted by molar-refractivity contribution is -0.133. The monoisotopic (exact) mass is 268 g/mol. The maximum Gasteiger partial charge on any atom is 0.313 e. The molecule has 0 aliphatic carbocycles. The molecule has 0 aliphatic rings. The lowest BCUT2D eigenvalue weighted by Gasteiger charge is -2.06. The molecule has 6 heteroatoms. The van der Waals surface area contributed by atoms with Crippen LogP contribution in [-0.4, -0.2) is 26.4 Å². The molecule has 0 saturated heterocycles. The molecule has 2 rings (SSSR count). The van der Waals surface area contributed by atoms with Crippen molar-refractivity contribution in [3.05, 3.63) is 34.3 Å². The highest BCUT2D eigenvalue weighted by molar-refractivity contribution is 7.99. The summed E-state index contributed by atoms with van der Waals surface area (Å²) in [6.07, 6.45) is 3.58.